The summed E-state index contributed by atoms with van der Waals surface area (Å²) in [4.78, 5) is 0. The molecule has 0 saturated heterocycles. The summed E-state index contributed by atoms with van der Waals surface area (Å²) in [6.45, 7) is 3.54. The molecule has 1 rings (SSSR count). The second-order valence-corrected chi connectivity index (χ2v) is 2.77. The molecule has 0 heterocycles. The normalized spacial score (nSPS) is 16.9. The highest BCUT2D eigenvalue weighted by Gasteiger charge is 1.93. The Hall–Kier alpha value is -0.820. The van der Waals surface area contributed by atoms with Gasteiger partial charge in [0.05, 0.1) is 6.61 Å². The van der Waals surface area contributed by atoms with Crippen LogP contribution >= 0.6 is 0 Å². The molecule has 0 radical (unpaired) electrons. The monoisotopic (exact) mass is 164 g/mol. The number of rotatable bonds is 4. The van der Waals surface area contributed by atoms with Gasteiger partial charge in [-0.15, -0.1) is 0 Å². The van der Waals surface area contributed by atoms with Crippen molar-refractivity contribution in [2.24, 2.45) is 0 Å². The third-order valence-corrected chi connectivity index (χ3v) is 1.80. The fourth-order valence-electron chi connectivity index (χ4n) is 1.15. The largest absolute Gasteiger partial charge is 0.378 e. The summed E-state index contributed by atoms with van der Waals surface area (Å²) in [5.41, 5.74) is 1.40. The lowest BCUT2D eigenvalue weighted by molar-refractivity contribution is 0.177. The molecule has 0 bridgehead atoms. The number of hydrogen-bond donors (Lipinski definition) is 0. The molecule has 1 nitrogen and oxygen atoms in total. The summed E-state index contributed by atoms with van der Waals surface area (Å²) in [7, 11) is 0. The van der Waals surface area contributed by atoms with Gasteiger partial charge < -0.3 is 4.74 Å². The van der Waals surface area contributed by atoms with Crippen LogP contribution in [0, 0.1) is 0 Å². The van der Waals surface area contributed by atoms with E-state index in [0.29, 0.717) is 0 Å². The maximum Gasteiger partial charge on any atom is 0.0650 e. The van der Waals surface area contributed by atoms with Crippen molar-refractivity contribution in [3.8, 4) is 0 Å². The summed E-state index contributed by atoms with van der Waals surface area (Å²) in [6.07, 6.45) is 13.0. The van der Waals surface area contributed by atoms with E-state index in [9.17, 15) is 0 Å². The average molecular weight is 164 g/mol. The molecule has 1 heteroatoms. The minimum atomic E-state index is 0.734. The molecule has 0 saturated carbocycles. The minimum Gasteiger partial charge on any atom is -0.378 e. The highest BCUT2D eigenvalue weighted by atomic mass is 16.5. The van der Waals surface area contributed by atoms with Crippen LogP contribution in [0.4, 0.5) is 0 Å². The Labute approximate surface area is 74.4 Å². The van der Waals surface area contributed by atoms with Crippen LogP contribution in [0.5, 0.6) is 0 Å². The van der Waals surface area contributed by atoms with Crippen molar-refractivity contribution < 1.29 is 4.74 Å². The highest BCUT2D eigenvalue weighted by Crippen LogP contribution is 2.12. The third kappa shape index (κ3) is 3.54. The maximum absolute atomic E-state index is 5.19. The molecule has 66 valence electrons. The van der Waals surface area contributed by atoms with Crippen LogP contribution < -0.4 is 0 Å². The zero-order valence-electron chi connectivity index (χ0n) is 7.62. The molecule has 0 spiro atoms. The van der Waals surface area contributed by atoms with Gasteiger partial charge in [0, 0.05) is 6.61 Å². The van der Waals surface area contributed by atoms with Crippen LogP contribution in [-0.4, -0.2) is 13.2 Å². The molecule has 12 heavy (non-hydrogen) atoms. The second kappa shape index (κ2) is 5.78. The Morgan fingerprint density at radius 1 is 1.58 bits per heavy atom. The van der Waals surface area contributed by atoms with Crippen LogP contribution in [-0.2, 0) is 4.74 Å². The van der Waals surface area contributed by atoms with E-state index in [1.54, 1.807) is 0 Å². The van der Waals surface area contributed by atoms with Gasteiger partial charge in [-0.1, -0.05) is 30.4 Å². The Morgan fingerprint density at radius 3 is 3.17 bits per heavy atom. The standard InChI is InChI=1S/C11H16O/c1-2-12-10-6-9-11-7-4-3-5-8-11/h3-4,6-7,9H,2,5,8,10H2,1H3/b9-6+. The van der Waals surface area contributed by atoms with E-state index in [0.717, 1.165) is 13.2 Å². The smallest absolute Gasteiger partial charge is 0.0650 e. The van der Waals surface area contributed by atoms with E-state index in [4.69, 9.17) is 4.74 Å². The quantitative estimate of drug-likeness (QED) is 0.580. The van der Waals surface area contributed by atoms with E-state index in [2.05, 4.69) is 30.4 Å². The average Bonchev–Trinajstić information content (AvgIpc) is 2.14. The Bertz CT molecular complexity index is 199. The number of hydrogen-bond acceptors (Lipinski definition) is 1. The summed E-state index contributed by atoms with van der Waals surface area (Å²) in [6, 6.07) is 0. The van der Waals surface area contributed by atoms with Gasteiger partial charge in [-0.3, -0.25) is 0 Å². The molecule has 0 atom stereocenters. The molecule has 0 aromatic rings. The number of ether oxygens (including phenoxy) is 1. The lowest BCUT2D eigenvalue weighted by Crippen LogP contribution is -1.89. The van der Waals surface area contributed by atoms with Crippen molar-refractivity contribution in [1.29, 1.82) is 0 Å². The fourth-order valence-corrected chi connectivity index (χ4v) is 1.15. The highest BCUT2D eigenvalue weighted by molar-refractivity contribution is 5.27. The molecular formula is C11H16O. The van der Waals surface area contributed by atoms with Gasteiger partial charge in [0.2, 0.25) is 0 Å². The van der Waals surface area contributed by atoms with Gasteiger partial charge in [-0.05, 0) is 25.3 Å². The van der Waals surface area contributed by atoms with Gasteiger partial charge >= 0.3 is 0 Å². The van der Waals surface area contributed by atoms with Gasteiger partial charge in [0.1, 0.15) is 0 Å². The molecular weight excluding hydrogens is 148 g/mol. The molecule has 0 fully saturated rings. The number of allylic oxidation sites excluding steroid dienone is 5. The summed E-state index contributed by atoms with van der Waals surface area (Å²) in [5, 5.41) is 0. The lowest BCUT2D eigenvalue weighted by Gasteiger charge is -2.02. The van der Waals surface area contributed by atoms with Crippen LogP contribution in [0.15, 0.2) is 36.0 Å². The summed E-state index contributed by atoms with van der Waals surface area (Å²) < 4.78 is 5.19. The van der Waals surface area contributed by atoms with Gasteiger partial charge in [-0.2, -0.15) is 0 Å². The lowest BCUT2D eigenvalue weighted by atomic mass is 10.1. The van der Waals surface area contributed by atoms with E-state index >= 15 is 0 Å². The van der Waals surface area contributed by atoms with E-state index in [1.165, 1.54) is 18.4 Å². The van der Waals surface area contributed by atoms with Crippen LogP contribution in [0.1, 0.15) is 19.8 Å². The third-order valence-electron chi connectivity index (χ3n) is 1.80. The first-order valence-corrected chi connectivity index (χ1v) is 4.53. The molecule has 1 aliphatic carbocycles. The van der Waals surface area contributed by atoms with Crippen molar-refractivity contribution in [1.82, 2.24) is 0 Å². The van der Waals surface area contributed by atoms with Crippen molar-refractivity contribution in [2.75, 3.05) is 13.2 Å². The topological polar surface area (TPSA) is 9.23 Å². The molecule has 1 aliphatic rings. The van der Waals surface area contributed by atoms with Crippen molar-refractivity contribution in [3.63, 3.8) is 0 Å². The molecule has 0 unspecified atom stereocenters. The first-order chi connectivity index (χ1) is 5.93. The minimum absolute atomic E-state index is 0.734. The molecule has 0 aromatic heterocycles. The predicted molar refractivity (Wildman–Crippen MR) is 52.1 cm³/mol. The SMILES string of the molecule is CCOC/C=C/C1=CC=CCC1. The first-order valence-electron chi connectivity index (χ1n) is 4.53. The second-order valence-electron chi connectivity index (χ2n) is 2.77. The molecule has 0 aliphatic heterocycles. The predicted octanol–water partition coefficient (Wildman–Crippen LogP) is 2.86. The zero-order valence-corrected chi connectivity index (χ0v) is 7.62. The van der Waals surface area contributed by atoms with Crippen LogP contribution in [0.25, 0.3) is 0 Å². The fraction of sp³-hybridized carbons (Fsp3) is 0.455. The summed E-state index contributed by atoms with van der Waals surface area (Å²) >= 11 is 0. The van der Waals surface area contributed by atoms with Crippen molar-refractivity contribution in [3.05, 3.63) is 36.0 Å². The molecule has 0 aromatic carbocycles. The van der Waals surface area contributed by atoms with Gasteiger partial charge in [0.25, 0.3) is 0 Å². The van der Waals surface area contributed by atoms with Crippen LogP contribution in [0.3, 0.4) is 0 Å². The van der Waals surface area contributed by atoms with E-state index in [-0.39, 0.29) is 0 Å². The van der Waals surface area contributed by atoms with E-state index < -0.39 is 0 Å². The summed E-state index contributed by atoms with van der Waals surface area (Å²) in [5.74, 6) is 0. The Kier molecular flexibility index (Phi) is 4.47. The van der Waals surface area contributed by atoms with Gasteiger partial charge in [0.15, 0.2) is 0 Å². The van der Waals surface area contributed by atoms with E-state index in [1.807, 2.05) is 6.92 Å². The molecule has 0 N–H and O–H groups in total. The maximum atomic E-state index is 5.19. The Morgan fingerprint density at radius 2 is 2.50 bits per heavy atom. The zero-order chi connectivity index (χ0) is 8.65. The van der Waals surface area contributed by atoms with Gasteiger partial charge in [-0.25, -0.2) is 0 Å². The Balaban J connectivity index is 2.24. The molecule has 0 amide bonds. The van der Waals surface area contributed by atoms with Crippen molar-refractivity contribution in [2.45, 2.75) is 19.8 Å². The first kappa shape index (κ1) is 9.27. The van der Waals surface area contributed by atoms with Crippen LogP contribution in [0.2, 0.25) is 0 Å². The van der Waals surface area contributed by atoms with Crippen molar-refractivity contribution >= 4 is 0 Å².